The van der Waals surface area contributed by atoms with Gasteiger partial charge in [0.2, 0.25) is 0 Å². The average molecular weight is 383 g/mol. The second kappa shape index (κ2) is 6.50. The van der Waals surface area contributed by atoms with Crippen molar-refractivity contribution in [2.45, 2.75) is 26.4 Å². The van der Waals surface area contributed by atoms with Crippen molar-refractivity contribution in [2.24, 2.45) is 0 Å². The molecule has 1 aromatic carbocycles. The second-order valence-electron chi connectivity index (χ2n) is 7.67. The largest absolute Gasteiger partial charge is 0.456 e. The van der Waals surface area contributed by atoms with Crippen LogP contribution in [0.3, 0.4) is 0 Å². The fourth-order valence-electron chi connectivity index (χ4n) is 3.22. The van der Waals surface area contributed by atoms with E-state index in [2.05, 4.69) is 16.0 Å². The van der Waals surface area contributed by atoms with Crippen LogP contribution < -0.4 is 0 Å². The molecule has 0 unspecified atom stereocenters. The highest BCUT2D eigenvalue weighted by Crippen LogP contribution is 2.33. The van der Waals surface area contributed by atoms with E-state index in [1.807, 2.05) is 32.9 Å². The van der Waals surface area contributed by atoms with E-state index < -0.39 is 11.6 Å². The fourth-order valence-corrected chi connectivity index (χ4v) is 3.22. The van der Waals surface area contributed by atoms with Gasteiger partial charge in [-0.3, -0.25) is 0 Å². The lowest BCUT2D eigenvalue weighted by Crippen LogP contribution is -2.24. The minimum atomic E-state index is -0.653. The van der Waals surface area contributed by atoms with Gasteiger partial charge in [-0.1, -0.05) is 6.07 Å². The van der Waals surface area contributed by atoms with Crippen molar-refractivity contribution in [3.8, 4) is 23.4 Å². The Morgan fingerprint density at radius 1 is 1.17 bits per heavy atom. The molecule has 1 N–H and O–H groups in total. The molecule has 0 aliphatic carbocycles. The Bertz CT molecular complexity index is 1360. The Labute approximate surface area is 166 Å². The molecule has 7 nitrogen and oxygen atoms in total. The van der Waals surface area contributed by atoms with Crippen molar-refractivity contribution in [3.63, 3.8) is 0 Å². The molecule has 0 saturated heterocycles. The lowest BCUT2D eigenvalue weighted by molar-refractivity contribution is 0.00728. The number of esters is 1. The Morgan fingerprint density at radius 3 is 2.66 bits per heavy atom. The summed E-state index contributed by atoms with van der Waals surface area (Å²) in [5.41, 5.74) is 3.10. The first kappa shape index (κ1) is 18.3. The minimum Gasteiger partial charge on any atom is -0.456 e. The van der Waals surface area contributed by atoms with Crippen molar-refractivity contribution in [2.75, 3.05) is 0 Å². The molecule has 7 heteroatoms. The molecule has 0 radical (unpaired) electrons. The summed E-state index contributed by atoms with van der Waals surface area (Å²) in [6.07, 6.45) is 3.42. The normalized spacial score (nSPS) is 11.3. The smallest absolute Gasteiger partial charge is 0.341 e. The van der Waals surface area contributed by atoms with Crippen molar-refractivity contribution >= 4 is 22.5 Å². The van der Waals surface area contributed by atoms with Crippen LogP contribution in [0.4, 0.5) is 0 Å². The van der Waals surface area contributed by atoms with E-state index in [1.165, 1.54) is 0 Å². The number of aromatic nitrogens is 3. The average Bonchev–Trinajstić information content (AvgIpc) is 3.26. The summed E-state index contributed by atoms with van der Waals surface area (Å²) in [5, 5.41) is 19.0. The van der Waals surface area contributed by atoms with Gasteiger partial charge < -0.3 is 14.1 Å². The molecule has 0 amide bonds. The third-order valence-corrected chi connectivity index (χ3v) is 4.39. The van der Waals surface area contributed by atoms with E-state index in [4.69, 9.17) is 10.00 Å². The van der Waals surface area contributed by atoms with Crippen molar-refractivity contribution in [3.05, 3.63) is 59.5 Å². The van der Waals surface area contributed by atoms with Gasteiger partial charge >= 0.3 is 5.97 Å². The standard InChI is InChI=1S/C22H17N5O2/c1-22(2,3)29-21(28)19-16-5-4-13(10-23)8-17(16)26-20(19)14-6-7-27-12-15(11-24)25-18(27)9-14/h4-9,12,26H,1-3H3. The summed E-state index contributed by atoms with van der Waals surface area (Å²) in [4.78, 5) is 20.5. The van der Waals surface area contributed by atoms with E-state index in [0.29, 0.717) is 39.1 Å². The van der Waals surface area contributed by atoms with Gasteiger partial charge in [0.1, 0.15) is 17.3 Å². The van der Waals surface area contributed by atoms with Gasteiger partial charge in [-0.2, -0.15) is 10.5 Å². The molecule has 0 spiro atoms. The predicted molar refractivity (Wildman–Crippen MR) is 107 cm³/mol. The summed E-state index contributed by atoms with van der Waals surface area (Å²) >= 11 is 0. The Balaban J connectivity index is 1.95. The summed E-state index contributed by atoms with van der Waals surface area (Å²) in [5.74, 6) is -0.454. The van der Waals surface area contributed by atoms with Crippen LogP contribution in [0.5, 0.6) is 0 Å². The van der Waals surface area contributed by atoms with E-state index in [9.17, 15) is 10.1 Å². The molecule has 0 aliphatic rings. The number of hydrogen-bond acceptors (Lipinski definition) is 5. The van der Waals surface area contributed by atoms with Crippen LogP contribution in [0.25, 0.3) is 27.8 Å². The van der Waals surface area contributed by atoms with E-state index >= 15 is 0 Å². The minimum absolute atomic E-state index is 0.310. The summed E-state index contributed by atoms with van der Waals surface area (Å²) < 4.78 is 7.37. The Morgan fingerprint density at radius 2 is 1.97 bits per heavy atom. The number of nitrogens with zero attached hydrogens (tertiary/aromatic N) is 4. The first-order chi connectivity index (χ1) is 13.8. The van der Waals surface area contributed by atoms with Gasteiger partial charge in [0.25, 0.3) is 0 Å². The van der Waals surface area contributed by atoms with Crippen molar-refractivity contribution in [1.82, 2.24) is 14.4 Å². The quantitative estimate of drug-likeness (QED) is 0.523. The number of H-pyrrole nitrogens is 1. The third kappa shape index (κ3) is 3.30. The van der Waals surface area contributed by atoms with Gasteiger partial charge in [0, 0.05) is 28.9 Å². The number of ether oxygens (including phenoxy) is 1. The fraction of sp³-hybridized carbons (Fsp3) is 0.182. The molecule has 0 fully saturated rings. The lowest BCUT2D eigenvalue weighted by atomic mass is 10.0. The molecule has 4 rings (SSSR count). The molecule has 29 heavy (non-hydrogen) atoms. The zero-order valence-corrected chi connectivity index (χ0v) is 16.1. The van der Waals surface area contributed by atoms with Gasteiger partial charge in [0.15, 0.2) is 5.69 Å². The Kier molecular flexibility index (Phi) is 4.10. The van der Waals surface area contributed by atoms with Crippen LogP contribution in [0.2, 0.25) is 0 Å². The maximum Gasteiger partial charge on any atom is 0.341 e. The van der Waals surface area contributed by atoms with Gasteiger partial charge in [0.05, 0.1) is 22.9 Å². The number of hydrogen-bond donors (Lipinski definition) is 1. The van der Waals surface area contributed by atoms with Crippen LogP contribution in [-0.4, -0.2) is 25.9 Å². The number of fused-ring (bicyclic) bond motifs is 2. The highest BCUT2D eigenvalue weighted by atomic mass is 16.6. The zero-order chi connectivity index (χ0) is 20.8. The Hall–Kier alpha value is -4.10. The van der Waals surface area contributed by atoms with Gasteiger partial charge in [-0.05, 0) is 45.0 Å². The first-order valence-electron chi connectivity index (χ1n) is 8.97. The molecule has 3 aromatic heterocycles. The SMILES string of the molecule is CC(C)(C)OC(=O)c1c(-c2ccn3cc(C#N)nc3c2)[nH]c2cc(C#N)ccc12. The van der Waals surface area contributed by atoms with E-state index in [0.717, 1.165) is 5.56 Å². The zero-order valence-electron chi connectivity index (χ0n) is 16.1. The third-order valence-electron chi connectivity index (χ3n) is 4.39. The number of pyridine rings is 1. The van der Waals surface area contributed by atoms with Crippen LogP contribution in [0.1, 0.15) is 42.4 Å². The van der Waals surface area contributed by atoms with Crippen LogP contribution in [-0.2, 0) is 4.74 Å². The highest BCUT2D eigenvalue weighted by Gasteiger charge is 2.25. The van der Waals surface area contributed by atoms with E-state index in [1.54, 1.807) is 41.1 Å². The van der Waals surface area contributed by atoms with Gasteiger partial charge in [-0.25, -0.2) is 9.78 Å². The monoisotopic (exact) mass is 383 g/mol. The first-order valence-corrected chi connectivity index (χ1v) is 8.97. The molecule has 3 heterocycles. The molecular weight excluding hydrogens is 366 g/mol. The molecule has 0 saturated carbocycles. The maximum atomic E-state index is 13.0. The maximum absolute atomic E-state index is 13.0. The molecule has 0 bridgehead atoms. The number of imidazole rings is 1. The number of carbonyl (C=O) groups excluding carboxylic acids is 1. The van der Waals surface area contributed by atoms with Gasteiger partial charge in [-0.15, -0.1) is 0 Å². The van der Waals surface area contributed by atoms with Crippen LogP contribution in [0.15, 0.2) is 42.7 Å². The number of rotatable bonds is 2. The van der Waals surface area contributed by atoms with Crippen LogP contribution in [0, 0.1) is 22.7 Å². The number of benzene rings is 1. The number of aromatic amines is 1. The molecule has 142 valence electrons. The second-order valence-corrected chi connectivity index (χ2v) is 7.67. The summed E-state index contributed by atoms with van der Waals surface area (Å²) in [7, 11) is 0. The summed E-state index contributed by atoms with van der Waals surface area (Å²) in [6.45, 7) is 5.44. The number of nitrogens with one attached hydrogen (secondary N) is 1. The summed E-state index contributed by atoms with van der Waals surface area (Å²) in [6, 6.07) is 12.9. The number of carbonyl (C=O) groups is 1. The predicted octanol–water partition coefficient (Wildman–Crippen LogP) is 4.18. The van der Waals surface area contributed by atoms with Crippen molar-refractivity contribution in [1.29, 1.82) is 10.5 Å². The molecule has 4 aromatic rings. The van der Waals surface area contributed by atoms with Crippen LogP contribution >= 0.6 is 0 Å². The lowest BCUT2D eigenvalue weighted by Gasteiger charge is -2.19. The topological polar surface area (TPSA) is 107 Å². The van der Waals surface area contributed by atoms with Crippen molar-refractivity contribution < 1.29 is 9.53 Å². The molecule has 0 aliphatic heterocycles. The highest BCUT2D eigenvalue weighted by molar-refractivity contribution is 6.10. The molecule has 0 atom stereocenters. The van der Waals surface area contributed by atoms with E-state index in [-0.39, 0.29) is 0 Å². The number of nitriles is 2. The molecular formula is C22H17N5O2.